The van der Waals surface area contributed by atoms with E-state index in [9.17, 15) is 13.2 Å². The van der Waals surface area contributed by atoms with Crippen LogP contribution in [-0.2, 0) is 6.18 Å². The standard InChI is InChI=1S/C13H18F3N3O2/c1-8(2)19(5-6-20)9-3-4-10(12(17)18-21)11(7-9)13(14,15)16/h3-4,7-8,20-21H,5-6H2,1-2H3,(H2,17,18). The van der Waals surface area contributed by atoms with Gasteiger partial charge in [0.05, 0.1) is 12.2 Å². The van der Waals surface area contributed by atoms with E-state index in [1.165, 1.54) is 6.07 Å². The zero-order valence-electron chi connectivity index (χ0n) is 11.7. The highest BCUT2D eigenvalue weighted by Gasteiger charge is 2.35. The predicted molar refractivity (Wildman–Crippen MR) is 73.5 cm³/mol. The minimum Gasteiger partial charge on any atom is -0.409 e. The summed E-state index contributed by atoms with van der Waals surface area (Å²) in [5.74, 6) is -0.605. The quantitative estimate of drug-likeness (QED) is 0.336. The number of nitrogens with zero attached hydrogens (tertiary/aromatic N) is 2. The number of oxime groups is 1. The molecule has 1 aromatic rings. The Balaban J connectivity index is 3.40. The lowest BCUT2D eigenvalue weighted by atomic mass is 10.0. The third-order valence-electron chi connectivity index (χ3n) is 2.99. The van der Waals surface area contributed by atoms with E-state index < -0.39 is 17.6 Å². The molecule has 0 heterocycles. The van der Waals surface area contributed by atoms with Gasteiger partial charge in [0.15, 0.2) is 5.84 Å². The molecule has 0 saturated heterocycles. The fourth-order valence-corrected chi connectivity index (χ4v) is 2.02. The number of aliphatic hydroxyl groups excluding tert-OH is 1. The minimum absolute atomic E-state index is 0.0899. The fourth-order valence-electron chi connectivity index (χ4n) is 2.02. The summed E-state index contributed by atoms with van der Waals surface area (Å²) in [4.78, 5) is 1.63. The molecular weight excluding hydrogens is 287 g/mol. The third kappa shape index (κ3) is 4.01. The Bertz CT molecular complexity index is 516. The summed E-state index contributed by atoms with van der Waals surface area (Å²) in [7, 11) is 0. The van der Waals surface area contributed by atoms with Crippen LogP contribution in [0.25, 0.3) is 0 Å². The molecule has 0 aliphatic rings. The van der Waals surface area contributed by atoms with E-state index in [0.29, 0.717) is 5.69 Å². The molecule has 21 heavy (non-hydrogen) atoms. The Morgan fingerprint density at radius 3 is 2.43 bits per heavy atom. The highest BCUT2D eigenvalue weighted by Crippen LogP contribution is 2.35. The summed E-state index contributed by atoms with van der Waals surface area (Å²) in [6.07, 6.45) is -4.64. The zero-order chi connectivity index (χ0) is 16.2. The van der Waals surface area contributed by atoms with Gasteiger partial charge in [-0.05, 0) is 32.0 Å². The molecule has 0 amide bonds. The average molecular weight is 305 g/mol. The number of alkyl halides is 3. The van der Waals surface area contributed by atoms with Gasteiger partial charge in [-0.1, -0.05) is 5.16 Å². The van der Waals surface area contributed by atoms with Gasteiger partial charge < -0.3 is 20.9 Å². The van der Waals surface area contributed by atoms with Crippen molar-refractivity contribution in [3.05, 3.63) is 29.3 Å². The highest BCUT2D eigenvalue weighted by atomic mass is 19.4. The fraction of sp³-hybridized carbons (Fsp3) is 0.462. The van der Waals surface area contributed by atoms with Crippen molar-refractivity contribution in [2.75, 3.05) is 18.1 Å². The van der Waals surface area contributed by atoms with E-state index in [1.54, 1.807) is 18.7 Å². The SMILES string of the molecule is CC(C)N(CCO)c1ccc(C(N)=NO)c(C(F)(F)F)c1. The molecule has 0 bridgehead atoms. The van der Waals surface area contributed by atoms with Crippen molar-refractivity contribution < 1.29 is 23.5 Å². The third-order valence-corrected chi connectivity index (χ3v) is 2.99. The van der Waals surface area contributed by atoms with Gasteiger partial charge in [0.2, 0.25) is 0 Å². The van der Waals surface area contributed by atoms with E-state index >= 15 is 0 Å². The molecule has 8 heteroatoms. The number of nitrogens with two attached hydrogens (primary N) is 1. The van der Waals surface area contributed by atoms with E-state index in [0.717, 1.165) is 12.1 Å². The Kier molecular flexibility index (Phi) is 5.42. The number of benzene rings is 1. The first kappa shape index (κ1) is 17.1. The first-order valence-corrected chi connectivity index (χ1v) is 6.29. The lowest BCUT2D eigenvalue weighted by Gasteiger charge is -2.29. The molecule has 0 spiro atoms. The smallest absolute Gasteiger partial charge is 0.409 e. The number of halogens is 3. The monoisotopic (exact) mass is 305 g/mol. The van der Waals surface area contributed by atoms with Crippen LogP contribution in [0.5, 0.6) is 0 Å². The van der Waals surface area contributed by atoms with Crippen molar-refractivity contribution in [3.8, 4) is 0 Å². The molecule has 0 unspecified atom stereocenters. The Morgan fingerprint density at radius 2 is 2.00 bits per heavy atom. The van der Waals surface area contributed by atoms with E-state index in [-0.39, 0.29) is 24.8 Å². The number of aliphatic hydroxyl groups is 1. The molecule has 118 valence electrons. The topological polar surface area (TPSA) is 82.1 Å². The highest BCUT2D eigenvalue weighted by molar-refractivity contribution is 5.99. The molecule has 5 nitrogen and oxygen atoms in total. The second-order valence-electron chi connectivity index (χ2n) is 4.72. The molecule has 0 aliphatic heterocycles. The van der Waals surface area contributed by atoms with Crippen LogP contribution in [-0.4, -0.2) is 35.3 Å². The van der Waals surface area contributed by atoms with Crippen molar-refractivity contribution in [2.45, 2.75) is 26.1 Å². The van der Waals surface area contributed by atoms with Crippen LogP contribution in [0.15, 0.2) is 23.4 Å². The lowest BCUT2D eigenvalue weighted by Crippen LogP contribution is -2.34. The molecule has 0 aromatic heterocycles. The summed E-state index contributed by atoms with van der Waals surface area (Å²) in [5, 5.41) is 20.2. The molecule has 0 radical (unpaired) electrons. The summed E-state index contributed by atoms with van der Waals surface area (Å²) in [6.45, 7) is 3.64. The number of rotatable bonds is 5. The molecule has 1 rings (SSSR count). The van der Waals surface area contributed by atoms with Crippen LogP contribution < -0.4 is 10.6 Å². The zero-order valence-corrected chi connectivity index (χ0v) is 11.7. The van der Waals surface area contributed by atoms with Gasteiger partial charge in [0.25, 0.3) is 0 Å². The summed E-state index contributed by atoms with van der Waals surface area (Å²) in [6, 6.07) is 3.44. The van der Waals surface area contributed by atoms with Crippen molar-refractivity contribution >= 4 is 11.5 Å². The largest absolute Gasteiger partial charge is 0.417 e. The summed E-state index contributed by atoms with van der Waals surface area (Å²) < 4.78 is 39.3. The number of amidine groups is 1. The maximum absolute atomic E-state index is 13.1. The van der Waals surface area contributed by atoms with Crippen molar-refractivity contribution in [3.63, 3.8) is 0 Å². The van der Waals surface area contributed by atoms with Gasteiger partial charge >= 0.3 is 6.18 Å². The number of anilines is 1. The molecule has 0 fully saturated rings. The van der Waals surface area contributed by atoms with Gasteiger partial charge in [0.1, 0.15) is 0 Å². The predicted octanol–water partition coefficient (Wildman–Crippen LogP) is 2.01. The van der Waals surface area contributed by atoms with Gasteiger partial charge in [-0.2, -0.15) is 13.2 Å². The van der Waals surface area contributed by atoms with E-state index in [1.807, 2.05) is 0 Å². The second-order valence-corrected chi connectivity index (χ2v) is 4.72. The van der Waals surface area contributed by atoms with Crippen LogP contribution in [0, 0.1) is 0 Å². The van der Waals surface area contributed by atoms with Crippen LogP contribution in [0.3, 0.4) is 0 Å². The molecule has 0 aliphatic carbocycles. The normalized spacial score (nSPS) is 12.8. The Hall–Kier alpha value is -1.96. The van der Waals surface area contributed by atoms with Gasteiger partial charge in [0, 0.05) is 23.8 Å². The van der Waals surface area contributed by atoms with Gasteiger partial charge in [-0.25, -0.2) is 0 Å². The number of hydrogen-bond donors (Lipinski definition) is 3. The maximum atomic E-state index is 13.1. The van der Waals surface area contributed by atoms with E-state index in [2.05, 4.69) is 5.16 Å². The maximum Gasteiger partial charge on any atom is 0.417 e. The molecule has 4 N–H and O–H groups in total. The van der Waals surface area contributed by atoms with Crippen molar-refractivity contribution in [1.29, 1.82) is 0 Å². The summed E-state index contributed by atoms with van der Waals surface area (Å²) >= 11 is 0. The van der Waals surface area contributed by atoms with Gasteiger partial charge in [-0.15, -0.1) is 0 Å². The molecule has 0 saturated carbocycles. The van der Waals surface area contributed by atoms with E-state index in [4.69, 9.17) is 16.0 Å². The lowest BCUT2D eigenvalue weighted by molar-refractivity contribution is -0.137. The Morgan fingerprint density at radius 1 is 1.38 bits per heavy atom. The average Bonchev–Trinajstić information content (AvgIpc) is 2.42. The summed E-state index contributed by atoms with van der Waals surface area (Å²) in [5.41, 5.74) is 4.21. The molecule has 0 atom stereocenters. The van der Waals surface area contributed by atoms with Crippen LogP contribution >= 0.6 is 0 Å². The van der Waals surface area contributed by atoms with Crippen LogP contribution in [0.1, 0.15) is 25.0 Å². The first-order chi connectivity index (χ1) is 9.72. The minimum atomic E-state index is -4.64. The van der Waals surface area contributed by atoms with Gasteiger partial charge in [-0.3, -0.25) is 0 Å². The van der Waals surface area contributed by atoms with Crippen molar-refractivity contribution in [2.24, 2.45) is 10.9 Å². The number of hydrogen-bond acceptors (Lipinski definition) is 4. The van der Waals surface area contributed by atoms with Crippen LogP contribution in [0.4, 0.5) is 18.9 Å². The molecule has 1 aromatic carbocycles. The molecular formula is C13H18F3N3O2. The van der Waals surface area contributed by atoms with Crippen LogP contribution in [0.2, 0.25) is 0 Å². The first-order valence-electron chi connectivity index (χ1n) is 6.29. The second kappa shape index (κ2) is 6.66. The Labute approximate surface area is 120 Å². The van der Waals surface area contributed by atoms with Crippen molar-refractivity contribution in [1.82, 2.24) is 0 Å².